The molecule has 0 bridgehead atoms. The number of aromatic nitrogens is 2. The quantitative estimate of drug-likeness (QED) is 0.777. The predicted molar refractivity (Wildman–Crippen MR) is 67.6 cm³/mol. The molecule has 98 valence electrons. The van der Waals surface area contributed by atoms with Gasteiger partial charge in [0.05, 0.1) is 6.20 Å². The Kier molecular flexibility index (Phi) is 4.75. The molecule has 0 aromatic carbocycles. The van der Waals surface area contributed by atoms with Gasteiger partial charge < -0.3 is 9.64 Å². The first-order chi connectivity index (χ1) is 8.79. The number of nitrogens with zero attached hydrogens (tertiary/aromatic N) is 3. The highest BCUT2D eigenvalue weighted by Gasteiger charge is 2.23. The number of amides is 1. The van der Waals surface area contributed by atoms with Gasteiger partial charge in [0.25, 0.3) is 0 Å². The summed E-state index contributed by atoms with van der Waals surface area (Å²) < 4.78 is 5.71. The third-order valence-electron chi connectivity index (χ3n) is 2.93. The van der Waals surface area contributed by atoms with E-state index in [1.54, 1.807) is 18.6 Å². The molecule has 2 rings (SSSR count). The molecule has 0 radical (unpaired) electrons. The van der Waals surface area contributed by atoms with E-state index in [9.17, 15) is 4.79 Å². The Morgan fingerprint density at radius 1 is 1.44 bits per heavy atom. The summed E-state index contributed by atoms with van der Waals surface area (Å²) in [5.41, 5.74) is 0. The molecule has 1 fully saturated rings. The Morgan fingerprint density at radius 3 is 2.83 bits per heavy atom. The lowest BCUT2D eigenvalue weighted by molar-refractivity contribution is -0.132. The summed E-state index contributed by atoms with van der Waals surface area (Å²) in [6, 6.07) is 0. The molecular weight excluding hydrogens is 254 g/mol. The maximum absolute atomic E-state index is 11.6. The topological polar surface area (TPSA) is 55.3 Å². The molecule has 1 aromatic rings. The summed E-state index contributed by atoms with van der Waals surface area (Å²) in [5.74, 6) is 1.06. The van der Waals surface area contributed by atoms with E-state index >= 15 is 0 Å². The van der Waals surface area contributed by atoms with E-state index in [1.807, 2.05) is 4.90 Å². The van der Waals surface area contributed by atoms with Crippen molar-refractivity contribution in [2.75, 3.05) is 19.0 Å². The monoisotopic (exact) mass is 269 g/mol. The Labute approximate surface area is 111 Å². The molecule has 1 amide bonds. The van der Waals surface area contributed by atoms with Crippen LogP contribution >= 0.6 is 11.6 Å². The van der Waals surface area contributed by atoms with Crippen LogP contribution in [-0.4, -0.2) is 45.8 Å². The largest absolute Gasteiger partial charge is 0.473 e. The van der Waals surface area contributed by atoms with Gasteiger partial charge in [-0.25, -0.2) is 4.98 Å². The molecule has 0 N–H and O–H groups in total. The molecule has 18 heavy (non-hydrogen) atoms. The van der Waals surface area contributed by atoms with Crippen LogP contribution in [0, 0.1) is 0 Å². The van der Waals surface area contributed by atoms with Gasteiger partial charge in [0, 0.05) is 50.6 Å². The van der Waals surface area contributed by atoms with Crippen molar-refractivity contribution in [3.05, 3.63) is 18.6 Å². The van der Waals surface area contributed by atoms with Crippen molar-refractivity contribution in [1.82, 2.24) is 14.9 Å². The van der Waals surface area contributed by atoms with E-state index in [4.69, 9.17) is 16.3 Å². The van der Waals surface area contributed by atoms with Gasteiger partial charge in [0.15, 0.2) is 0 Å². The van der Waals surface area contributed by atoms with Crippen LogP contribution in [0.4, 0.5) is 0 Å². The highest BCUT2D eigenvalue weighted by molar-refractivity contribution is 6.18. The maximum atomic E-state index is 11.6. The second-order valence-electron chi connectivity index (χ2n) is 4.18. The van der Waals surface area contributed by atoms with Gasteiger partial charge in [-0.15, -0.1) is 11.6 Å². The normalized spacial score (nSPS) is 16.6. The summed E-state index contributed by atoms with van der Waals surface area (Å²) >= 11 is 5.56. The van der Waals surface area contributed by atoms with Crippen molar-refractivity contribution < 1.29 is 9.53 Å². The molecule has 0 saturated carbocycles. The molecule has 1 aliphatic rings. The number of alkyl halides is 1. The molecule has 5 nitrogen and oxygen atoms in total. The molecule has 6 heteroatoms. The number of hydrogen-bond acceptors (Lipinski definition) is 4. The average Bonchev–Trinajstić information content (AvgIpc) is 2.41. The zero-order valence-electron chi connectivity index (χ0n) is 10.1. The second-order valence-corrected chi connectivity index (χ2v) is 4.56. The first kappa shape index (κ1) is 13.1. The SMILES string of the molecule is O=C(CCCl)N1CCC(Oc2cnccn2)CC1. The minimum Gasteiger partial charge on any atom is -0.473 e. The van der Waals surface area contributed by atoms with Crippen molar-refractivity contribution in [3.8, 4) is 5.88 Å². The van der Waals surface area contributed by atoms with Gasteiger partial charge in [0.2, 0.25) is 11.8 Å². The van der Waals surface area contributed by atoms with Crippen molar-refractivity contribution in [2.24, 2.45) is 0 Å². The number of carbonyl (C=O) groups is 1. The summed E-state index contributed by atoms with van der Waals surface area (Å²) in [4.78, 5) is 21.5. The van der Waals surface area contributed by atoms with Crippen LogP contribution in [0.15, 0.2) is 18.6 Å². The number of ether oxygens (including phenoxy) is 1. The summed E-state index contributed by atoms with van der Waals surface area (Å²) in [6.45, 7) is 1.45. The van der Waals surface area contributed by atoms with E-state index in [1.165, 1.54) is 0 Å². The minimum atomic E-state index is 0.113. The Balaban J connectivity index is 1.78. The lowest BCUT2D eigenvalue weighted by Crippen LogP contribution is -2.41. The zero-order valence-corrected chi connectivity index (χ0v) is 10.8. The lowest BCUT2D eigenvalue weighted by Gasteiger charge is -2.31. The van der Waals surface area contributed by atoms with Gasteiger partial charge in [-0.2, -0.15) is 0 Å². The fourth-order valence-corrected chi connectivity index (χ4v) is 2.14. The van der Waals surface area contributed by atoms with E-state index < -0.39 is 0 Å². The van der Waals surface area contributed by atoms with Gasteiger partial charge in [-0.3, -0.25) is 9.78 Å². The molecule has 0 atom stereocenters. The molecule has 0 unspecified atom stereocenters. The van der Waals surface area contributed by atoms with E-state index in [0.717, 1.165) is 25.9 Å². The number of piperidine rings is 1. The Hall–Kier alpha value is -1.36. The van der Waals surface area contributed by atoms with Gasteiger partial charge in [-0.1, -0.05) is 0 Å². The fraction of sp³-hybridized carbons (Fsp3) is 0.583. The molecule has 0 spiro atoms. The fourth-order valence-electron chi connectivity index (χ4n) is 1.98. The summed E-state index contributed by atoms with van der Waals surface area (Å²) in [6.07, 6.45) is 6.99. The van der Waals surface area contributed by atoms with Crippen LogP contribution in [0.1, 0.15) is 19.3 Å². The van der Waals surface area contributed by atoms with Crippen LogP contribution in [-0.2, 0) is 4.79 Å². The van der Waals surface area contributed by atoms with Gasteiger partial charge in [0.1, 0.15) is 6.10 Å². The average molecular weight is 270 g/mol. The van der Waals surface area contributed by atoms with Crippen LogP contribution in [0.5, 0.6) is 5.88 Å². The van der Waals surface area contributed by atoms with E-state index in [2.05, 4.69) is 9.97 Å². The molecule has 1 aliphatic heterocycles. The first-order valence-electron chi connectivity index (χ1n) is 6.06. The van der Waals surface area contributed by atoms with Crippen LogP contribution < -0.4 is 4.74 Å². The van der Waals surface area contributed by atoms with Gasteiger partial charge in [-0.05, 0) is 0 Å². The van der Waals surface area contributed by atoms with Crippen molar-refractivity contribution in [2.45, 2.75) is 25.4 Å². The van der Waals surface area contributed by atoms with Crippen LogP contribution in [0.25, 0.3) is 0 Å². The number of carbonyl (C=O) groups excluding carboxylic acids is 1. The standard InChI is InChI=1S/C12H16ClN3O2/c13-4-1-12(17)16-7-2-10(3-8-16)18-11-9-14-5-6-15-11/h5-6,9-10H,1-4,7-8H2. The Morgan fingerprint density at radius 2 is 2.22 bits per heavy atom. The smallest absolute Gasteiger partial charge is 0.232 e. The highest BCUT2D eigenvalue weighted by atomic mass is 35.5. The van der Waals surface area contributed by atoms with Gasteiger partial charge >= 0.3 is 0 Å². The predicted octanol–water partition coefficient (Wildman–Crippen LogP) is 1.48. The zero-order chi connectivity index (χ0) is 12.8. The van der Waals surface area contributed by atoms with Crippen LogP contribution in [0.3, 0.4) is 0 Å². The maximum Gasteiger partial charge on any atom is 0.232 e. The molecule has 2 heterocycles. The van der Waals surface area contributed by atoms with Crippen LogP contribution in [0.2, 0.25) is 0 Å². The second kappa shape index (κ2) is 6.54. The number of rotatable bonds is 4. The number of hydrogen-bond donors (Lipinski definition) is 0. The van der Waals surface area contributed by atoms with Crippen molar-refractivity contribution >= 4 is 17.5 Å². The lowest BCUT2D eigenvalue weighted by atomic mass is 10.1. The molecular formula is C12H16ClN3O2. The van der Waals surface area contributed by atoms with Crippen molar-refractivity contribution in [1.29, 1.82) is 0 Å². The summed E-state index contributed by atoms with van der Waals surface area (Å²) in [7, 11) is 0. The molecule has 0 aliphatic carbocycles. The molecule has 1 aromatic heterocycles. The van der Waals surface area contributed by atoms with E-state index in [0.29, 0.717) is 18.2 Å². The molecule has 1 saturated heterocycles. The minimum absolute atomic E-state index is 0.113. The van der Waals surface area contributed by atoms with Crippen molar-refractivity contribution in [3.63, 3.8) is 0 Å². The number of halogens is 1. The summed E-state index contributed by atoms with van der Waals surface area (Å²) in [5, 5.41) is 0. The van der Waals surface area contributed by atoms with E-state index in [-0.39, 0.29) is 12.0 Å². The Bertz CT molecular complexity index is 380. The first-order valence-corrected chi connectivity index (χ1v) is 6.59. The third kappa shape index (κ3) is 3.57. The number of likely N-dealkylation sites (tertiary alicyclic amines) is 1. The highest BCUT2D eigenvalue weighted by Crippen LogP contribution is 2.16. The third-order valence-corrected chi connectivity index (χ3v) is 3.12.